The first-order valence-electron chi connectivity index (χ1n) is 6.93. The molecule has 4 heteroatoms. The topological polar surface area (TPSA) is 52.6 Å². The minimum Gasteiger partial charge on any atom is -0.465 e. The van der Waals surface area contributed by atoms with Gasteiger partial charge < -0.3 is 9.47 Å². The highest BCUT2D eigenvalue weighted by Crippen LogP contribution is 2.32. The Morgan fingerprint density at radius 3 is 2.80 bits per heavy atom. The van der Waals surface area contributed by atoms with Gasteiger partial charge in [-0.25, -0.2) is 0 Å². The van der Waals surface area contributed by atoms with Crippen LogP contribution >= 0.6 is 0 Å². The van der Waals surface area contributed by atoms with E-state index < -0.39 is 11.4 Å². The molecule has 4 nitrogen and oxygen atoms in total. The molecule has 1 heterocycles. The van der Waals surface area contributed by atoms with Crippen LogP contribution in [-0.2, 0) is 25.5 Å². The Morgan fingerprint density at radius 2 is 2.15 bits per heavy atom. The Hall–Kier alpha value is -1.68. The first-order valence-corrected chi connectivity index (χ1v) is 6.93. The lowest BCUT2D eigenvalue weighted by Crippen LogP contribution is -2.49. The summed E-state index contributed by atoms with van der Waals surface area (Å²) in [5, 5.41) is 0. The Bertz CT molecular complexity index is 509. The molecule has 0 amide bonds. The van der Waals surface area contributed by atoms with Crippen molar-refractivity contribution in [2.45, 2.75) is 26.7 Å². The maximum atomic E-state index is 12.4. The molecule has 1 atom stereocenters. The summed E-state index contributed by atoms with van der Waals surface area (Å²) in [4.78, 5) is 24.7. The normalized spacial score (nSPS) is 22.6. The highest BCUT2D eigenvalue weighted by atomic mass is 16.5. The molecule has 1 fully saturated rings. The molecule has 1 aromatic rings. The highest BCUT2D eigenvalue weighted by Gasteiger charge is 2.49. The molecular weight excluding hydrogens is 256 g/mol. The quantitative estimate of drug-likeness (QED) is 0.624. The molecule has 1 aliphatic heterocycles. The Labute approximate surface area is 119 Å². The van der Waals surface area contributed by atoms with E-state index in [1.54, 1.807) is 6.92 Å². The predicted molar refractivity (Wildman–Crippen MR) is 74.4 cm³/mol. The fraction of sp³-hybridized carbons (Fsp3) is 0.500. The van der Waals surface area contributed by atoms with E-state index in [2.05, 4.69) is 0 Å². The number of ketones is 1. The molecular formula is C16H20O4. The third kappa shape index (κ3) is 2.75. The average molecular weight is 276 g/mol. The summed E-state index contributed by atoms with van der Waals surface area (Å²) in [5.74, 6) is -0.543. The zero-order valence-corrected chi connectivity index (χ0v) is 12.0. The largest absolute Gasteiger partial charge is 0.465 e. The molecule has 2 rings (SSSR count). The van der Waals surface area contributed by atoms with Gasteiger partial charge in [-0.2, -0.15) is 0 Å². The molecule has 108 valence electrons. The van der Waals surface area contributed by atoms with Gasteiger partial charge >= 0.3 is 5.97 Å². The summed E-state index contributed by atoms with van der Waals surface area (Å²) < 4.78 is 10.5. The number of carbonyl (C=O) groups excluding carboxylic acids is 2. The van der Waals surface area contributed by atoms with E-state index in [-0.39, 0.29) is 25.4 Å². The molecule has 0 aliphatic carbocycles. The summed E-state index contributed by atoms with van der Waals surface area (Å²) in [6.45, 7) is 4.48. The molecule has 0 radical (unpaired) electrons. The lowest BCUT2D eigenvalue weighted by Gasteiger charge is -2.33. The Morgan fingerprint density at radius 1 is 1.40 bits per heavy atom. The van der Waals surface area contributed by atoms with Crippen LogP contribution < -0.4 is 0 Å². The highest BCUT2D eigenvalue weighted by molar-refractivity contribution is 6.04. The fourth-order valence-electron chi connectivity index (χ4n) is 2.53. The van der Waals surface area contributed by atoms with E-state index in [4.69, 9.17) is 9.47 Å². The summed E-state index contributed by atoms with van der Waals surface area (Å²) in [5.41, 5.74) is 0.870. The number of benzene rings is 1. The number of Topliss-reactive ketones (excluding diaryl/α,β-unsaturated/α-hetero) is 1. The molecule has 1 aliphatic rings. The van der Waals surface area contributed by atoms with Crippen molar-refractivity contribution < 1.29 is 19.1 Å². The zero-order valence-electron chi connectivity index (χ0n) is 12.0. The Kier molecular flexibility index (Phi) is 4.55. The third-order valence-corrected chi connectivity index (χ3v) is 3.78. The number of esters is 1. The van der Waals surface area contributed by atoms with E-state index in [0.717, 1.165) is 11.1 Å². The van der Waals surface area contributed by atoms with E-state index in [0.29, 0.717) is 13.0 Å². The summed E-state index contributed by atoms with van der Waals surface area (Å²) >= 11 is 0. The lowest BCUT2D eigenvalue weighted by molar-refractivity contribution is -0.169. The van der Waals surface area contributed by atoms with Gasteiger partial charge in [0.1, 0.15) is 0 Å². The maximum Gasteiger partial charge on any atom is 0.322 e. The summed E-state index contributed by atoms with van der Waals surface area (Å²) in [7, 11) is 0. The molecule has 1 aromatic carbocycles. The molecule has 0 aromatic heterocycles. The van der Waals surface area contributed by atoms with Crippen molar-refractivity contribution >= 4 is 11.8 Å². The van der Waals surface area contributed by atoms with Crippen molar-refractivity contribution in [3.8, 4) is 0 Å². The van der Waals surface area contributed by atoms with Gasteiger partial charge in [0.2, 0.25) is 0 Å². The number of aryl methyl sites for hydroxylation is 1. The smallest absolute Gasteiger partial charge is 0.322 e. The third-order valence-electron chi connectivity index (χ3n) is 3.78. The van der Waals surface area contributed by atoms with Crippen LogP contribution in [0.1, 0.15) is 24.5 Å². The zero-order chi connectivity index (χ0) is 14.6. The van der Waals surface area contributed by atoms with Crippen LogP contribution in [0.25, 0.3) is 0 Å². The first kappa shape index (κ1) is 14.7. The van der Waals surface area contributed by atoms with Crippen LogP contribution in [0, 0.1) is 12.3 Å². The van der Waals surface area contributed by atoms with Crippen LogP contribution in [0.4, 0.5) is 0 Å². The lowest BCUT2D eigenvalue weighted by atomic mass is 9.75. The minimum atomic E-state index is -1.18. The number of hydrogen-bond donors (Lipinski definition) is 0. The number of carbonyl (C=O) groups is 2. The van der Waals surface area contributed by atoms with Crippen molar-refractivity contribution in [2.24, 2.45) is 5.41 Å². The average Bonchev–Trinajstić information content (AvgIpc) is 2.44. The SMILES string of the molecule is CCOC(=O)C1(Cc2ccccc2C)COCCC1=O. The standard InChI is InChI=1S/C16H20O4/c1-3-20-15(18)16(11-19-9-8-14(16)17)10-13-7-5-4-6-12(13)2/h4-7H,3,8-11H2,1-2H3. The predicted octanol–water partition coefficient (Wildman–Crippen LogP) is 2.08. The fourth-order valence-corrected chi connectivity index (χ4v) is 2.53. The van der Waals surface area contributed by atoms with Crippen LogP contribution in [0.3, 0.4) is 0 Å². The maximum absolute atomic E-state index is 12.4. The van der Waals surface area contributed by atoms with Crippen LogP contribution in [0.5, 0.6) is 0 Å². The molecule has 1 saturated heterocycles. The van der Waals surface area contributed by atoms with E-state index in [9.17, 15) is 9.59 Å². The van der Waals surface area contributed by atoms with Crippen LogP contribution in [0.15, 0.2) is 24.3 Å². The monoisotopic (exact) mass is 276 g/mol. The van der Waals surface area contributed by atoms with E-state index >= 15 is 0 Å². The summed E-state index contributed by atoms with van der Waals surface area (Å²) in [6, 6.07) is 7.77. The van der Waals surface area contributed by atoms with Crippen molar-refractivity contribution in [3.63, 3.8) is 0 Å². The second-order valence-electron chi connectivity index (χ2n) is 5.13. The summed E-state index contributed by atoms with van der Waals surface area (Å²) in [6.07, 6.45) is 0.613. The second-order valence-corrected chi connectivity index (χ2v) is 5.13. The van der Waals surface area contributed by atoms with Gasteiger partial charge in [-0.15, -0.1) is 0 Å². The number of ether oxygens (including phenoxy) is 2. The molecule has 0 saturated carbocycles. The second kappa shape index (κ2) is 6.18. The number of rotatable bonds is 4. The van der Waals surface area contributed by atoms with Gasteiger partial charge in [0.25, 0.3) is 0 Å². The molecule has 0 bridgehead atoms. The van der Waals surface area contributed by atoms with Crippen LogP contribution in [0.2, 0.25) is 0 Å². The first-order chi connectivity index (χ1) is 9.60. The molecule has 20 heavy (non-hydrogen) atoms. The minimum absolute atomic E-state index is 0.0783. The van der Waals surface area contributed by atoms with Gasteiger partial charge in [0.15, 0.2) is 11.2 Å². The number of hydrogen-bond acceptors (Lipinski definition) is 4. The van der Waals surface area contributed by atoms with Gasteiger partial charge in [-0.1, -0.05) is 24.3 Å². The molecule has 0 spiro atoms. The van der Waals surface area contributed by atoms with Crippen molar-refractivity contribution in [2.75, 3.05) is 19.8 Å². The van der Waals surface area contributed by atoms with E-state index in [1.165, 1.54) is 0 Å². The molecule has 0 N–H and O–H groups in total. The molecule has 1 unspecified atom stereocenters. The van der Waals surface area contributed by atoms with Crippen molar-refractivity contribution in [1.82, 2.24) is 0 Å². The van der Waals surface area contributed by atoms with Gasteiger partial charge in [0.05, 0.1) is 19.8 Å². The van der Waals surface area contributed by atoms with Crippen molar-refractivity contribution in [3.05, 3.63) is 35.4 Å². The van der Waals surface area contributed by atoms with Gasteiger partial charge in [-0.05, 0) is 31.4 Å². The Balaban J connectivity index is 2.34. The van der Waals surface area contributed by atoms with Gasteiger partial charge in [-0.3, -0.25) is 9.59 Å². The van der Waals surface area contributed by atoms with Crippen molar-refractivity contribution in [1.29, 1.82) is 0 Å². The van der Waals surface area contributed by atoms with Gasteiger partial charge in [0, 0.05) is 6.42 Å². The van der Waals surface area contributed by atoms with E-state index in [1.807, 2.05) is 31.2 Å². The van der Waals surface area contributed by atoms with Crippen LogP contribution in [-0.4, -0.2) is 31.6 Å².